The van der Waals surface area contributed by atoms with Crippen LogP contribution < -0.4 is 5.32 Å². The second-order valence-corrected chi connectivity index (χ2v) is 5.93. The van der Waals surface area contributed by atoms with E-state index in [0.717, 1.165) is 12.5 Å². The maximum absolute atomic E-state index is 3.45. The molecular formula is C16H26N2. The van der Waals surface area contributed by atoms with Gasteiger partial charge in [-0.1, -0.05) is 17.7 Å². The highest BCUT2D eigenvalue weighted by Crippen LogP contribution is 2.19. The quantitative estimate of drug-likeness (QED) is 0.878. The van der Waals surface area contributed by atoms with E-state index in [1.807, 2.05) is 0 Å². The third kappa shape index (κ3) is 3.33. The topological polar surface area (TPSA) is 15.3 Å². The molecule has 2 heteroatoms. The van der Waals surface area contributed by atoms with Crippen molar-refractivity contribution in [1.29, 1.82) is 0 Å². The summed E-state index contributed by atoms with van der Waals surface area (Å²) in [6.45, 7) is 11.3. The minimum Gasteiger partial charge on any atom is -0.316 e. The van der Waals surface area contributed by atoms with Gasteiger partial charge in [0.25, 0.3) is 0 Å². The van der Waals surface area contributed by atoms with E-state index in [2.05, 4.69) is 50.2 Å². The third-order valence-electron chi connectivity index (χ3n) is 4.00. The highest BCUT2D eigenvalue weighted by Gasteiger charge is 2.17. The Morgan fingerprint density at radius 2 is 1.89 bits per heavy atom. The summed E-state index contributed by atoms with van der Waals surface area (Å²) in [5.74, 6) is 0.834. The van der Waals surface area contributed by atoms with Crippen LogP contribution in [0.5, 0.6) is 0 Å². The van der Waals surface area contributed by atoms with Gasteiger partial charge < -0.3 is 10.2 Å². The molecule has 1 aliphatic rings. The normalized spacial score (nSPS) is 19.7. The SMILES string of the molecule is Cc1cc(C)c(CN(C)CC2CCNC2)c(C)c1. The number of nitrogens with one attached hydrogen (secondary N) is 1. The molecule has 1 atom stereocenters. The molecule has 1 aromatic rings. The first kappa shape index (κ1) is 13.6. The van der Waals surface area contributed by atoms with Crippen molar-refractivity contribution in [3.05, 3.63) is 34.4 Å². The van der Waals surface area contributed by atoms with Crippen LogP contribution in [0.25, 0.3) is 0 Å². The van der Waals surface area contributed by atoms with Crippen molar-refractivity contribution >= 4 is 0 Å². The molecule has 1 aliphatic heterocycles. The van der Waals surface area contributed by atoms with E-state index in [1.54, 1.807) is 0 Å². The molecule has 1 unspecified atom stereocenters. The van der Waals surface area contributed by atoms with Crippen LogP contribution in [0.15, 0.2) is 12.1 Å². The Morgan fingerprint density at radius 1 is 1.22 bits per heavy atom. The summed E-state index contributed by atoms with van der Waals surface area (Å²) in [4.78, 5) is 2.47. The van der Waals surface area contributed by atoms with Crippen molar-refractivity contribution in [2.45, 2.75) is 33.7 Å². The first-order chi connectivity index (χ1) is 8.56. The first-order valence-electron chi connectivity index (χ1n) is 7.02. The molecule has 0 aliphatic carbocycles. The first-order valence-corrected chi connectivity index (χ1v) is 7.02. The van der Waals surface area contributed by atoms with Crippen molar-refractivity contribution < 1.29 is 0 Å². The summed E-state index contributed by atoms with van der Waals surface area (Å²) >= 11 is 0. The lowest BCUT2D eigenvalue weighted by molar-refractivity contribution is 0.277. The van der Waals surface area contributed by atoms with Gasteiger partial charge in [0, 0.05) is 13.1 Å². The van der Waals surface area contributed by atoms with Crippen LogP contribution >= 0.6 is 0 Å². The van der Waals surface area contributed by atoms with E-state index in [4.69, 9.17) is 0 Å². The predicted molar refractivity (Wildman–Crippen MR) is 78.0 cm³/mol. The minimum absolute atomic E-state index is 0.834. The van der Waals surface area contributed by atoms with E-state index >= 15 is 0 Å². The Kier molecular flexibility index (Phi) is 4.41. The van der Waals surface area contributed by atoms with Crippen LogP contribution in [0.2, 0.25) is 0 Å². The summed E-state index contributed by atoms with van der Waals surface area (Å²) in [6.07, 6.45) is 1.33. The fourth-order valence-electron chi connectivity index (χ4n) is 3.10. The van der Waals surface area contributed by atoms with E-state index in [0.29, 0.717) is 0 Å². The van der Waals surface area contributed by atoms with Crippen LogP contribution in [-0.4, -0.2) is 31.6 Å². The minimum atomic E-state index is 0.834. The molecule has 2 rings (SSSR count). The summed E-state index contributed by atoms with van der Waals surface area (Å²) in [7, 11) is 2.25. The van der Waals surface area contributed by atoms with Crippen LogP contribution in [0.4, 0.5) is 0 Å². The van der Waals surface area contributed by atoms with Gasteiger partial charge >= 0.3 is 0 Å². The molecule has 0 radical (unpaired) electrons. The van der Waals surface area contributed by atoms with Gasteiger partial charge in [-0.2, -0.15) is 0 Å². The Labute approximate surface area is 111 Å². The van der Waals surface area contributed by atoms with Crippen molar-refractivity contribution in [2.24, 2.45) is 5.92 Å². The standard InChI is InChI=1S/C16H26N2/c1-12-7-13(2)16(14(3)8-12)11-18(4)10-15-5-6-17-9-15/h7-8,15,17H,5-6,9-11H2,1-4H3. The zero-order chi connectivity index (χ0) is 13.1. The smallest absolute Gasteiger partial charge is 0.0236 e. The van der Waals surface area contributed by atoms with Gasteiger partial charge in [-0.05, 0) is 69.9 Å². The lowest BCUT2D eigenvalue weighted by atomic mass is 9.99. The maximum Gasteiger partial charge on any atom is 0.0236 e. The van der Waals surface area contributed by atoms with Crippen LogP contribution in [-0.2, 0) is 6.54 Å². The summed E-state index contributed by atoms with van der Waals surface area (Å²) in [6, 6.07) is 4.60. The van der Waals surface area contributed by atoms with Gasteiger partial charge in [-0.3, -0.25) is 0 Å². The van der Waals surface area contributed by atoms with Crippen LogP contribution in [0.1, 0.15) is 28.7 Å². The van der Waals surface area contributed by atoms with Gasteiger partial charge in [0.2, 0.25) is 0 Å². The average molecular weight is 246 g/mol. The molecule has 100 valence electrons. The van der Waals surface area contributed by atoms with Gasteiger partial charge in [0.15, 0.2) is 0 Å². The number of hydrogen-bond donors (Lipinski definition) is 1. The second kappa shape index (κ2) is 5.85. The molecule has 1 fully saturated rings. The van der Waals surface area contributed by atoms with Crippen molar-refractivity contribution in [3.8, 4) is 0 Å². The molecular weight excluding hydrogens is 220 g/mol. The van der Waals surface area contributed by atoms with Gasteiger partial charge in [-0.15, -0.1) is 0 Å². The van der Waals surface area contributed by atoms with Crippen LogP contribution in [0, 0.1) is 26.7 Å². The molecule has 18 heavy (non-hydrogen) atoms. The predicted octanol–water partition coefficient (Wildman–Crippen LogP) is 2.65. The number of hydrogen-bond acceptors (Lipinski definition) is 2. The molecule has 1 heterocycles. The lowest BCUT2D eigenvalue weighted by Crippen LogP contribution is -2.27. The Bertz CT molecular complexity index is 383. The fraction of sp³-hybridized carbons (Fsp3) is 0.625. The summed E-state index contributed by atoms with van der Waals surface area (Å²) in [5, 5.41) is 3.45. The molecule has 0 amide bonds. The lowest BCUT2D eigenvalue weighted by Gasteiger charge is -2.22. The Morgan fingerprint density at radius 3 is 2.44 bits per heavy atom. The summed E-state index contributed by atoms with van der Waals surface area (Å²) in [5.41, 5.74) is 5.75. The number of nitrogens with zero attached hydrogens (tertiary/aromatic N) is 1. The van der Waals surface area contributed by atoms with E-state index in [9.17, 15) is 0 Å². The van der Waals surface area contributed by atoms with Crippen molar-refractivity contribution in [3.63, 3.8) is 0 Å². The summed E-state index contributed by atoms with van der Waals surface area (Å²) < 4.78 is 0. The Hall–Kier alpha value is -0.860. The highest BCUT2D eigenvalue weighted by molar-refractivity contribution is 5.37. The maximum atomic E-state index is 3.45. The largest absolute Gasteiger partial charge is 0.316 e. The average Bonchev–Trinajstić information content (AvgIpc) is 2.76. The van der Waals surface area contributed by atoms with Gasteiger partial charge in [0.05, 0.1) is 0 Å². The van der Waals surface area contributed by atoms with E-state index < -0.39 is 0 Å². The molecule has 1 N–H and O–H groups in total. The van der Waals surface area contributed by atoms with Crippen LogP contribution in [0.3, 0.4) is 0 Å². The zero-order valence-corrected chi connectivity index (χ0v) is 12.2. The highest BCUT2D eigenvalue weighted by atomic mass is 15.1. The molecule has 2 nitrogen and oxygen atoms in total. The molecule has 0 saturated carbocycles. The van der Waals surface area contributed by atoms with E-state index in [-0.39, 0.29) is 0 Å². The second-order valence-electron chi connectivity index (χ2n) is 5.93. The number of benzene rings is 1. The van der Waals surface area contributed by atoms with Crippen molar-refractivity contribution in [1.82, 2.24) is 10.2 Å². The molecule has 1 aromatic carbocycles. The molecule has 0 aromatic heterocycles. The number of aryl methyl sites for hydroxylation is 3. The fourth-order valence-corrected chi connectivity index (χ4v) is 3.10. The monoisotopic (exact) mass is 246 g/mol. The molecule has 0 bridgehead atoms. The molecule has 1 saturated heterocycles. The van der Waals surface area contributed by atoms with Gasteiger partial charge in [-0.25, -0.2) is 0 Å². The zero-order valence-electron chi connectivity index (χ0n) is 12.2. The number of rotatable bonds is 4. The van der Waals surface area contributed by atoms with Gasteiger partial charge in [0.1, 0.15) is 0 Å². The third-order valence-corrected chi connectivity index (χ3v) is 4.00. The Balaban J connectivity index is 1.99. The van der Waals surface area contributed by atoms with Crippen molar-refractivity contribution in [2.75, 3.05) is 26.7 Å². The van der Waals surface area contributed by atoms with E-state index in [1.165, 1.54) is 48.3 Å². The molecule has 0 spiro atoms.